The fourth-order valence-corrected chi connectivity index (χ4v) is 3.54. The monoisotopic (exact) mass is 336 g/mol. The molecule has 1 aliphatic heterocycles. The summed E-state index contributed by atoms with van der Waals surface area (Å²) in [5.41, 5.74) is 2.21. The van der Waals surface area contributed by atoms with E-state index in [4.69, 9.17) is 4.74 Å². The lowest BCUT2D eigenvalue weighted by Gasteiger charge is -2.21. The van der Waals surface area contributed by atoms with Crippen molar-refractivity contribution in [2.75, 3.05) is 30.8 Å². The summed E-state index contributed by atoms with van der Waals surface area (Å²) in [6, 6.07) is 7.90. The second kappa shape index (κ2) is 8.60. The van der Waals surface area contributed by atoms with Crippen molar-refractivity contribution in [1.82, 2.24) is 5.32 Å². The first kappa shape index (κ1) is 18.1. The number of nitrogens with one attached hydrogen (secondary N) is 2. The van der Waals surface area contributed by atoms with Crippen molar-refractivity contribution in [2.45, 2.75) is 44.3 Å². The number of benzene rings is 1. The minimum Gasteiger partial charge on any atom is -0.381 e. The van der Waals surface area contributed by atoms with Crippen molar-refractivity contribution in [3.05, 3.63) is 29.8 Å². The highest BCUT2D eigenvalue weighted by molar-refractivity contribution is 7.99. The molecule has 0 atom stereocenters. The van der Waals surface area contributed by atoms with E-state index in [1.54, 1.807) is 0 Å². The van der Waals surface area contributed by atoms with E-state index < -0.39 is 0 Å². The Balaban J connectivity index is 1.66. The predicted molar refractivity (Wildman–Crippen MR) is 98.5 cm³/mol. The molecule has 1 aliphatic rings. The van der Waals surface area contributed by atoms with Crippen molar-refractivity contribution in [3.63, 3.8) is 0 Å². The van der Waals surface area contributed by atoms with E-state index >= 15 is 0 Å². The van der Waals surface area contributed by atoms with Crippen LogP contribution in [-0.2, 0) is 10.2 Å². The summed E-state index contributed by atoms with van der Waals surface area (Å²) in [4.78, 5) is 11.9. The molecule has 4 nitrogen and oxygen atoms in total. The Bertz CT molecular complexity index is 491. The largest absolute Gasteiger partial charge is 0.381 e. The minimum absolute atomic E-state index is 0.127. The molecule has 5 heteroatoms. The molecule has 1 aromatic carbocycles. The molecule has 1 heterocycles. The van der Waals surface area contributed by atoms with Gasteiger partial charge in [0.1, 0.15) is 0 Å². The number of carbonyl (C=O) groups is 1. The summed E-state index contributed by atoms with van der Waals surface area (Å²) in [5, 5.41) is 6.47. The van der Waals surface area contributed by atoms with Gasteiger partial charge in [0.25, 0.3) is 0 Å². The molecule has 0 saturated carbocycles. The average Bonchev–Trinajstić information content (AvgIpc) is 2.52. The van der Waals surface area contributed by atoms with Crippen LogP contribution in [0.2, 0.25) is 0 Å². The highest BCUT2D eigenvalue weighted by atomic mass is 32.2. The molecular weight excluding hydrogens is 308 g/mol. The summed E-state index contributed by atoms with van der Waals surface area (Å²) < 4.78 is 5.35. The van der Waals surface area contributed by atoms with E-state index in [1.165, 1.54) is 5.56 Å². The first-order valence-corrected chi connectivity index (χ1v) is 9.35. The van der Waals surface area contributed by atoms with Gasteiger partial charge in [-0.3, -0.25) is 0 Å². The van der Waals surface area contributed by atoms with Gasteiger partial charge in [0.15, 0.2) is 0 Å². The molecule has 1 aromatic rings. The van der Waals surface area contributed by atoms with Gasteiger partial charge >= 0.3 is 6.03 Å². The zero-order chi connectivity index (χ0) is 16.7. The second-order valence-corrected chi connectivity index (χ2v) is 8.30. The molecule has 23 heavy (non-hydrogen) atoms. The lowest BCUT2D eigenvalue weighted by Crippen LogP contribution is -2.31. The molecule has 0 unspecified atom stereocenters. The number of thioether (sulfide) groups is 1. The molecule has 2 rings (SSSR count). The predicted octanol–water partition coefficient (Wildman–Crippen LogP) is 4.02. The molecule has 2 N–H and O–H groups in total. The van der Waals surface area contributed by atoms with Gasteiger partial charge in [-0.15, -0.1) is 0 Å². The summed E-state index contributed by atoms with van der Waals surface area (Å²) in [5.74, 6) is 0.945. The van der Waals surface area contributed by atoms with E-state index in [9.17, 15) is 4.79 Å². The van der Waals surface area contributed by atoms with Crippen LogP contribution in [0.3, 0.4) is 0 Å². The van der Waals surface area contributed by atoms with Gasteiger partial charge in [-0.25, -0.2) is 4.79 Å². The Kier molecular flexibility index (Phi) is 6.78. The first-order chi connectivity index (χ1) is 10.9. The summed E-state index contributed by atoms with van der Waals surface area (Å²) in [7, 11) is 0. The molecule has 0 aromatic heterocycles. The van der Waals surface area contributed by atoms with Gasteiger partial charge in [0, 0.05) is 36.4 Å². The molecule has 128 valence electrons. The van der Waals surface area contributed by atoms with Crippen molar-refractivity contribution in [2.24, 2.45) is 0 Å². The Morgan fingerprint density at radius 3 is 2.48 bits per heavy atom. The Hall–Kier alpha value is -1.20. The zero-order valence-corrected chi connectivity index (χ0v) is 15.2. The van der Waals surface area contributed by atoms with Crippen molar-refractivity contribution in [1.29, 1.82) is 0 Å². The Labute approximate surface area is 143 Å². The fourth-order valence-electron chi connectivity index (χ4n) is 2.46. The second-order valence-electron chi connectivity index (χ2n) is 6.89. The van der Waals surface area contributed by atoms with Crippen LogP contribution in [0, 0.1) is 0 Å². The third-order valence-electron chi connectivity index (χ3n) is 3.92. The standard InChI is InChI=1S/C18H28N2O2S/c1-18(2,3)14-4-6-15(7-5-14)20-17(21)19-10-13-23-16-8-11-22-12-9-16/h4-7,16H,8-13H2,1-3H3,(H2,19,20,21). The normalized spacial score (nSPS) is 16.1. The van der Waals surface area contributed by atoms with E-state index in [0.717, 1.165) is 37.5 Å². The minimum atomic E-state index is -0.138. The van der Waals surface area contributed by atoms with E-state index in [-0.39, 0.29) is 11.4 Å². The topological polar surface area (TPSA) is 50.4 Å². The number of rotatable bonds is 5. The number of carbonyl (C=O) groups excluding carboxylic acids is 1. The molecule has 2 amide bonds. The van der Waals surface area contributed by atoms with E-state index in [2.05, 4.69) is 43.5 Å². The van der Waals surface area contributed by atoms with Crippen LogP contribution < -0.4 is 10.6 Å². The van der Waals surface area contributed by atoms with Crippen molar-refractivity contribution < 1.29 is 9.53 Å². The van der Waals surface area contributed by atoms with Crippen LogP contribution in [0.4, 0.5) is 10.5 Å². The van der Waals surface area contributed by atoms with Crippen LogP contribution in [0.25, 0.3) is 0 Å². The summed E-state index contributed by atoms with van der Waals surface area (Å²) in [6.45, 7) is 8.97. The number of anilines is 1. The van der Waals surface area contributed by atoms with Gasteiger partial charge in [-0.2, -0.15) is 11.8 Å². The maximum absolute atomic E-state index is 11.9. The van der Waals surface area contributed by atoms with Crippen LogP contribution in [-0.4, -0.2) is 36.8 Å². The van der Waals surface area contributed by atoms with E-state index in [0.29, 0.717) is 11.8 Å². The quantitative estimate of drug-likeness (QED) is 0.799. The number of ether oxygens (including phenoxy) is 1. The maximum Gasteiger partial charge on any atom is 0.319 e. The molecule has 1 fully saturated rings. The average molecular weight is 337 g/mol. The first-order valence-electron chi connectivity index (χ1n) is 8.30. The smallest absolute Gasteiger partial charge is 0.319 e. The van der Waals surface area contributed by atoms with Crippen LogP contribution in [0.5, 0.6) is 0 Å². The third-order valence-corrected chi connectivity index (χ3v) is 5.30. The lowest BCUT2D eigenvalue weighted by atomic mass is 9.87. The molecule has 0 spiro atoms. The summed E-state index contributed by atoms with van der Waals surface area (Å²) >= 11 is 1.93. The van der Waals surface area contributed by atoms with Crippen LogP contribution in [0.1, 0.15) is 39.2 Å². The van der Waals surface area contributed by atoms with Crippen molar-refractivity contribution >= 4 is 23.5 Å². The third kappa shape index (κ3) is 6.43. The number of amides is 2. The SMILES string of the molecule is CC(C)(C)c1ccc(NC(=O)NCCSC2CCOCC2)cc1. The molecule has 0 bridgehead atoms. The number of hydrogen-bond donors (Lipinski definition) is 2. The zero-order valence-electron chi connectivity index (χ0n) is 14.4. The molecule has 0 radical (unpaired) electrons. The van der Waals surface area contributed by atoms with Crippen molar-refractivity contribution in [3.8, 4) is 0 Å². The molecule has 0 aliphatic carbocycles. The molecule has 1 saturated heterocycles. The van der Waals surface area contributed by atoms with E-state index in [1.807, 2.05) is 23.9 Å². The Morgan fingerprint density at radius 1 is 1.22 bits per heavy atom. The number of hydrogen-bond acceptors (Lipinski definition) is 3. The molecular formula is C18H28N2O2S. The highest BCUT2D eigenvalue weighted by Crippen LogP contribution is 2.23. The van der Waals surface area contributed by atoms with Gasteiger partial charge in [0.2, 0.25) is 0 Å². The summed E-state index contributed by atoms with van der Waals surface area (Å²) in [6.07, 6.45) is 2.24. The van der Waals surface area contributed by atoms with Gasteiger partial charge in [0.05, 0.1) is 0 Å². The van der Waals surface area contributed by atoms with Crippen LogP contribution in [0.15, 0.2) is 24.3 Å². The maximum atomic E-state index is 11.9. The Morgan fingerprint density at radius 2 is 1.87 bits per heavy atom. The van der Waals surface area contributed by atoms with Crippen LogP contribution >= 0.6 is 11.8 Å². The van der Waals surface area contributed by atoms with Gasteiger partial charge < -0.3 is 15.4 Å². The fraction of sp³-hybridized carbons (Fsp3) is 0.611. The van der Waals surface area contributed by atoms with Gasteiger partial charge in [-0.05, 0) is 36.0 Å². The van der Waals surface area contributed by atoms with Gasteiger partial charge in [-0.1, -0.05) is 32.9 Å². The highest BCUT2D eigenvalue weighted by Gasteiger charge is 2.14. The lowest BCUT2D eigenvalue weighted by molar-refractivity contribution is 0.100. The number of urea groups is 1.